The first kappa shape index (κ1) is 23.1. The summed E-state index contributed by atoms with van der Waals surface area (Å²) in [5.74, 6) is 0.773. The van der Waals surface area contributed by atoms with Crippen LogP contribution in [-0.4, -0.2) is 48.7 Å². The Labute approximate surface area is 196 Å². The fourth-order valence-electron chi connectivity index (χ4n) is 4.77. The van der Waals surface area contributed by atoms with Gasteiger partial charge in [0, 0.05) is 18.7 Å². The van der Waals surface area contributed by atoms with Crippen molar-refractivity contribution in [2.24, 2.45) is 0 Å². The van der Waals surface area contributed by atoms with Gasteiger partial charge in [-0.2, -0.15) is 0 Å². The number of carbonyl (C=O) groups is 2. The van der Waals surface area contributed by atoms with Crippen molar-refractivity contribution < 1.29 is 19.1 Å². The molecule has 0 bridgehead atoms. The molecule has 2 amide bonds. The molecule has 176 valence electrons. The van der Waals surface area contributed by atoms with Gasteiger partial charge in [-0.05, 0) is 81.3 Å². The molecule has 6 heteroatoms. The molecule has 2 aromatic rings. The molecule has 2 aliphatic rings. The summed E-state index contributed by atoms with van der Waals surface area (Å²) in [6.45, 7) is 12.0. The van der Waals surface area contributed by atoms with Crippen LogP contribution in [0.25, 0.3) is 0 Å². The van der Waals surface area contributed by atoms with Crippen LogP contribution in [0.2, 0.25) is 0 Å². The molecule has 33 heavy (non-hydrogen) atoms. The van der Waals surface area contributed by atoms with Crippen molar-refractivity contribution in [3.8, 4) is 5.75 Å². The van der Waals surface area contributed by atoms with Crippen LogP contribution in [0.4, 0.5) is 10.5 Å². The minimum Gasteiger partial charge on any atom is -0.490 e. The second kappa shape index (κ2) is 9.08. The zero-order chi connectivity index (χ0) is 23.8. The highest BCUT2D eigenvalue weighted by Gasteiger charge is 2.31. The van der Waals surface area contributed by atoms with Crippen LogP contribution < -0.4 is 9.64 Å². The maximum atomic E-state index is 13.6. The van der Waals surface area contributed by atoms with Gasteiger partial charge in [0.1, 0.15) is 18.0 Å². The van der Waals surface area contributed by atoms with E-state index < -0.39 is 5.60 Å². The van der Waals surface area contributed by atoms with E-state index in [-0.39, 0.29) is 12.0 Å². The number of benzene rings is 2. The largest absolute Gasteiger partial charge is 0.490 e. The topological polar surface area (TPSA) is 59.1 Å². The minimum atomic E-state index is -0.519. The lowest BCUT2D eigenvalue weighted by Crippen LogP contribution is -2.39. The Morgan fingerprint density at radius 3 is 2.55 bits per heavy atom. The van der Waals surface area contributed by atoms with Gasteiger partial charge in [-0.3, -0.25) is 4.79 Å². The number of rotatable bonds is 2. The molecule has 0 aliphatic carbocycles. The van der Waals surface area contributed by atoms with Gasteiger partial charge in [-0.1, -0.05) is 25.1 Å². The summed E-state index contributed by atoms with van der Waals surface area (Å²) >= 11 is 0. The molecule has 6 nitrogen and oxygen atoms in total. The third kappa shape index (κ3) is 4.70. The molecule has 2 heterocycles. The summed E-state index contributed by atoms with van der Waals surface area (Å²) in [6, 6.07) is 9.90. The molecule has 2 aliphatic heterocycles. The maximum absolute atomic E-state index is 13.6. The molecule has 0 saturated heterocycles. The average molecular weight is 451 g/mol. The van der Waals surface area contributed by atoms with E-state index in [2.05, 4.69) is 19.9 Å². The van der Waals surface area contributed by atoms with Crippen molar-refractivity contribution in [1.29, 1.82) is 0 Å². The van der Waals surface area contributed by atoms with Gasteiger partial charge in [0.05, 0.1) is 12.2 Å². The van der Waals surface area contributed by atoms with Crippen molar-refractivity contribution >= 4 is 17.7 Å². The number of carbonyl (C=O) groups excluding carboxylic acids is 2. The van der Waals surface area contributed by atoms with Crippen molar-refractivity contribution in [2.75, 3.05) is 31.1 Å². The summed E-state index contributed by atoms with van der Waals surface area (Å²) in [4.78, 5) is 29.9. The van der Waals surface area contributed by atoms with Gasteiger partial charge in [-0.15, -0.1) is 0 Å². The molecule has 0 aromatic heterocycles. The first-order valence-corrected chi connectivity index (χ1v) is 11.9. The minimum absolute atomic E-state index is 0.0176. The summed E-state index contributed by atoms with van der Waals surface area (Å²) in [5, 5.41) is 0. The Morgan fingerprint density at radius 1 is 1.09 bits per heavy atom. The quantitative estimate of drug-likeness (QED) is 0.651. The Balaban J connectivity index is 1.65. The Bertz CT molecular complexity index is 1070. The van der Waals surface area contributed by atoms with Crippen LogP contribution >= 0.6 is 0 Å². The molecule has 0 atom stereocenters. The van der Waals surface area contributed by atoms with E-state index in [0.717, 1.165) is 47.4 Å². The lowest BCUT2D eigenvalue weighted by atomic mass is 9.94. The van der Waals surface area contributed by atoms with E-state index in [1.807, 2.05) is 49.9 Å². The Hall–Kier alpha value is -3.02. The van der Waals surface area contributed by atoms with Gasteiger partial charge in [0.25, 0.3) is 5.91 Å². The first-order valence-electron chi connectivity index (χ1n) is 11.9. The molecule has 0 fully saturated rings. The van der Waals surface area contributed by atoms with Crippen molar-refractivity contribution in [1.82, 2.24) is 4.90 Å². The smallest absolute Gasteiger partial charge is 0.410 e. The third-order valence-electron chi connectivity index (χ3n) is 6.38. The molecule has 4 rings (SSSR count). The van der Waals surface area contributed by atoms with Crippen LogP contribution in [0.15, 0.2) is 30.3 Å². The van der Waals surface area contributed by atoms with Crippen LogP contribution in [0, 0.1) is 6.92 Å². The van der Waals surface area contributed by atoms with Crippen LogP contribution in [0.1, 0.15) is 60.3 Å². The Kier molecular flexibility index (Phi) is 6.37. The molecule has 0 spiro atoms. The second-order valence-corrected chi connectivity index (χ2v) is 9.77. The van der Waals surface area contributed by atoms with Gasteiger partial charge in [0.2, 0.25) is 0 Å². The van der Waals surface area contributed by atoms with E-state index in [1.165, 1.54) is 11.1 Å². The predicted molar refractivity (Wildman–Crippen MR) is 129 cm³/mol. The number of fused-ring (bicyclic) bond motifs is 2. The van der Waals surface area contributed by atoms with Crippen molar-refractivity contribution in [3.05, 3.63) is 58.1 Å². The van der Waals surface area contributed by atoms with Gasteiger partial charge >= 0.3 is 6.09 Å². The molecular weight excluding hydrogens is 416 g/mol. The fraction of sp³-hybridized carbons (Fsp3) is 0.481. The highest BCUT2D eigenvalue weighted by molar-refractivity contribution is 6.08. The lowest BCUT2D eigenvalue weighted by molar-refractivity contribution is 0.0258. The van der Waals surface area contributed by atoms with Crippen LogP contribution in [-0.2, 0) is 24.0 Å². The van der Waals surface area contributed by atoms with Crippen LogP contribution in [0.3, 0.4) is 0 Å². The predicted octanol–water partition coefficient (Wildman–Crippen LogP) is 4.93. The number of amides is 2. The number of aryl methyl sites for hydroxylation is 1. The average Bonchev–Trinajstić information content (AvgIpc) is 3.00. The molecular formula is C27H34N2O4. The Morgan fingerprint density at radius 2 is 1.82 bits per heavy atom. The number of nitrogens with zero attached hydrogens (tertiary/aromatic N) is 2. The van der Waals surface area contributed by atoms with E-state index in [9.17, 15) is 9.59 Å². The van der Waals surface area contributed by atoms with Crippen LogP contribution in [0.5, 0.6) is 5.75 Å². The summed E-state index contributed by atoms with van der Waals surface area (Å²) in [7, 11) is 0. The molecule has 0 saturated carbocycles. The number of hydrogen-bond donors (Lipinski definition) is 0. The van der Waals surface area contributed by atoms with E-state index in [4.69, 9.17) is 9.47 Å². The zero-order valence-corrected chi connectivity index (χ0v) is 20.4. The molecule has 0 radical (unpaired) electrons. The SMILES string of the molecule is CCc1ccccc1C(=O)N1CCOc2cc3c(c(C)c21)CCN(C(=O)OC(C)(C)C)CC3. The zero-order valence-electron chi connectivity index (χ0n) is 20.4. The second-order valence-electron chi connectivity index (χ2n) is 9.77. The van der Waals surface area contributed by atoms with Crippen molar-refractivity contribution in [2.45, 2.75) is 59.5 Å². The first-order chi connectivity index (χ1) is 15.7. The normalized spacial score (nSPS) is 15.8. The molecule has 0 N–H and O–H groups in total. The number of anilines is 1. The van der Waals surface area contributed by atoms with Crippen molar-refractivity contribution in [3.63, 3.8) is 0 Å². The number of ether oxygens (including phenoxy) is 2. The van der Waals surface area contributed by atoms with E-state index in [1.54, 1.807) is 4.90 Å². The molecule has 0 unspecified atom stereocenters. The van der Waals surface area contributed by atoms with Gasteiger partial charge < -0.3 is 19.3 Å². The van der Waals surface area contributed by atoms with Gasteiger partial charge in [-0.25, -0.2) is 4.79 Å². The van der Waals surface area contributed by atoms with E-state index in [0.29, 0.717) is 26.2 Å². The highest BCUT2D eigenvalue weighted by atomic mass is 16.6. The summed E-state index contributed by atoms with van der Waals surface area (Å²) in [5.41, 5.74) is 5.59. The monoisotopic (exact) mass is 450 g/mol. The lowest BCUT2D eigenvalue weighted by Gasteiger charge is -2.33. The molecule has 2 aromatic carbocycles. The highest BCUT2D eigenvalue weighted by Crippen LogP contribution is 2.40. The maximum Gasteiger partial charge on any atom is 0.410 e. The standard InChI is InChI=1S/C27H34N2O4/c1-6-19-9-7-8-10-22(19)25(30)29-15-16-32-23-17-20-11-13-28(26(31)33-27(3,4)5)14-12-21(20)18(2)24(23)29/h7-10,17H,6,11-16H2,1-5H3. The fourth-order valence-corrected chi connectivity index (χ4v) is 4.77. The summed E-state index contributed by atoms with van der Waals surface area (Å²) < 4.78 is 11.6. The number of hydrogen-bond acceptors (Lipinski definition) is 4. The van der Waals surface area contributed by atoms with Gasteiger partial charge in [0.15, 0.2) is 0 Å². The van der Waals surface area contributed by atoms with E-state index >= 15 is 0 Å². The summed E-state index contributed by atoms with van der Waals surface area (Å²) in [6.07, 6.45) is 1.99. The third-order valence-corrected chi connectivity index (χ3v) is 6.38.